The summed E-state index contributed by atoms with van der Waals surface area (Å²) in [5, 5.41) is 6.56. The zero-order chi connectivity index (χ0) is 14.2. The van der Waals surface area contributed by atoms with Crippen LogP contribution in [0, 0.1) is 6.92 Å². The van der Waals surface area contributed by atoms with E-state index in [1.165, 1.54) is 0 Å². The third kappa shape index (κ3) is 2.34. The molecule has 1 saturated heterocycles. The lowest BCUT2D eigenvalue weighted by molar-refractivity contribution is -0.138. The summed E-state index contributed by atoms with van der Waals surface area (Å²) in [5.41, 5.74) is -0.533. The molecule has 0 aliphatic carbocycles. The summed E-state index contributed by atoms with van der Waals surface area (Å²) in [4.78, 5) is 26.0. The fourth-order valence-corrected chi connectivity index (χ4v) is 2.14. The fraction of sp³-hybridized carbons (Fsp3) is 0.615. The van der Waals surface area contributed by atoms with Gasteiger partial charge in [0.05, 0.1) is 0 Å². The highest BCUT2D eigenvalue weighted by Gasteiger charge is 2.50. The molecule has 1 aromatic heterocycles. The monoisotopic (exact) mass is 265 g/mol. The highest BCUT2D eigenvalue weighted by Crippen LogP contribution is 2.32. The van der Waals surface area contributed by atoms with Crippen LogP contribution < -0.4 is 5.32 Å². The van der Waals surface area contributed by atoms with Crippen molar-refractivity contribution in [2.24, 2.45) is 0 Å². The van der Waals surface area contributed by atoms with Crippen LogP contribution in [0.25, 0.3) is 0 Å². The predicted octanol–water partition coefficient (Wildman–Crippen LogP) is 1.11. The van der Waals surface area contributed by atoms with Gasteiger partial charge in [0.2, 0.25) is 5.91 Å². The Morgan fingerprint density at radius 1 is 1.53 bits per heavy atom. The van der Waals surface area contributed by atoms with E-state index in [0.717, 1.165) is 0 Å². The van der Waals surface area contributed by atoms with Crippen molar-refractivity contribution < 1.29 is 14.1 Å². The molecule has 6 heteroatoms. The molecule has 0 radical (unpaired) electrons. The quantitative estimate of drug-likeness (QED) is 0.888. The first-order chi connectivity index (χ1) is 8.84. The molecule has 2 rings (SSSR count). The molecule has 104 valence electrons. The number of carbonyl (C=O) groups excluding carboxylic acids is 2. The number of nitrogens with zero attached hydrogens (tertiary/aromatic N) is 2. The molecule has 6 nitrogen and oxygen atoms in total. The largest absolute Gasteiger partial charge is 0.361 e. The minimum atomic E-state index is -0.784. The maximum atomic E-state index is 12.3. The average molecular weight is 265 g/mol. The molecule has 1 aliphatic rings. The van der Waals surface area contributed by atoms with Crippen LogP contribution in [-0.4, -0.2) is 40.0 Å². The third-order valence-electron chi connectivity index (χ3n) is 3.42. The van der Waals surface area contributed by atoms with Crippen molar-refractivity contribution in [1.82, 2.24) is 15.4 Å². The topological polar surface area (TPSA) is 75.4 Å². The third-order valence-corrected chi connectivity index (χ3v) is 3.42. The molecule has 0 bridgehead atoms. The Bertz CT molecular complexity index is 509. The molecule has 0 aromatic carbocycles. The summed E-state index contributed by atoms with van der Waals surface area (Å²) in [6, 6.07) is 1.64. The van der Waals surface area contributed by atoms with E-state index < -0.39 is 5.54 Å². The molecule has 1 aromatic rings. The van der Waals surface area contributed by atoms with Gasteiger partial charge in [0.25, 0.3) is 5.91 Å². The molecular formula is C13H19N3O3. The summed E-state index contributed by atoms with van der Waals surface area (Å²) in [5.74, 6) is 0.198. The van der Waals surface area contributed by atoms with Crippen molar-refractivity contribution in [2.75, 3.05) is 6.54 Å². The Labute approximate surface area is 112 Å². The minimum absolute atomic E-state index is 0.0520. The zero-order valence-electron chi connectivity index (χ0n) is 11.7. The molecule has 1 unspecified atom stereocenters. The maximum absolute atomic E-state index is 12.3. The number of rotatable bonds is 3. The highest BCUT2D eigenvalue weighted by atomic mass is 16.5. The number of hydrogen-bond acceptors (Lipinski definition) is 4. The van der Waals surface area contributed by atoms with E-state index in [-0.39, 0.29) is 23.6 Å². The molecule has 1 N–H and O–H groups in total. The second kappa shape index (κ2) is 4.68. The normalized spacial score (nSPS) is 22.3. The standard InChI is InChI=1S/C13H19N3O3/c1-8(2)14-12(18)13(4)5-6-16(13)11(17)10-7-9(3)19-15-10/h7-8H,5-6H2,1-4H3,(H,14,18). The van der Waals surface area contributed by atoms with E-state index in [1.807, 2.05) is 13.8 Å². The van der Waals surface area contributed by atoms with E-state index in [4.69, 9.17) is 4.52 Å². The lowest BCUT2D eigenvalue weighted by atomic mass is 9.85. The summed E-state index contributed by atoms with van der Waals surface area (Å²) < 4.78 is 4.90. The first-order valence-electron chi connectivity index (χ1n) is 6.41. The van der Waals surface area contributed by atoms with Crippen molar-refractivity contribution in [3.05, 3.63) is 17.5 Å². The van der Waals surface area contributed by atoms with Gasteiger partial charge in [-0.1, -0.05) is 5.16 Å². The molecule has 1 aliphatic heterocycles. The number of nitrogens with one attached hydrogen (secondary N) is 1. The molecule has 0 spiro atoms. The summed E-state index contributed by atoms with van der Waals surface area (Å²) in [6.45, 7) is 7.86. The van der Waals surface area contributed by atoms with Gasteiger partial charge in [-0.05, 0) is 34.1 Å². The van der Waals surface area contributed by atoms with Crippen LogP contribution in [0.4, 0.5) is 0 Å². The lowest BCUT2D eigenvalue weighted by Gasteiger charge is -2.48. The first-order valence-corrected chi connectivity index (χ1v) is 6.41. The minimum Gasteiger partial charge on any atom is -0.361 e. The van der Waals surface area contributed by atoms with E-state index in [9.17, 15) is 9.59 Å². The van der Waals surface area contributed by atoms with Crippen LogP contribution in [0.5, 0.6) is 0 Å². The van der Waals surface area contributed by atoms with Gasteiger partial charge in [-0.15, -0.1) is 0 Å². The first kappa shape index (κ1) is 13.6. The number of aromatic nitrogens is 1. The number of amides is 2. The molecule has 19 heavy (non-hydrogen) atoms. The number of carbonyl (C=O) groups is 2. The number of aryl methyl sites for hydroxylation is 1. The molecule has 2 amide bonds. The van der Waals surface area contributed by atoms with E-state index in [2.05, 4.69) is 10.5 Å². The second-order valence-corrected chi connectivity index (χ2v) is 5.43. The maximum Gasteiger partial charge on any atom is 0.276 e. The van der Waals surface area contributed by atoms with Gasteiger partial charge in [0.15, 0.2) is 5.69 Å². The summed E-state index contributed by atoms with van der Waals surface area (Å²) >= 11 is 0. The summed E-state index contributed by atoms with van der Waals surface area (Å²) in [6.07, 6.45) is 0.661. The van der Waals surface area contributed by atoms with Gasteiger partial charge >= 0.3 is 0 Å². The van der Waals surface area contributed by atoms with Gasteiger partial charge in [0.1, 0.15) is 11.3 Å². The summed E-state index contributed by atoms with van der Waals surface area (Å²) in [7, 11) is 0. The molecule has 1 fully saturated rings. The van der Waals surface area contributed by atoms with Crippen molar-refractivity contribution in [1.29, 1.82) is 0 Å². The van der Waals surface area contributed by atoms with Crippen molar-refractivity contribution in [3.8, 4) is 0 Å². The number of hydrogen-bond donors (Lipinski definition) is 1. The van der Waals surface area contributed by atoms with Gasteiger partial charge in [-0.2, -0.15) is 0 Å². The lowest BCUT2D eigenvalue weighted by Crippen LogP contribution is -2.68. The molecular weight excluding hydrogens is 246 g/mol. The Kier molecular flexibility index (Phi) is 3.34. The Morgan fingerprint density at radius 2 is 2.21 bits per heavy atom. The van der Waals surface area contributed by atoms with Crippen LogP contribution >= 0.6 is 0 Å². The van der Waals surface area contributed by atoms with E-state index in [1.54, 1.807) is 24.8 Å². The van der Waals surface area contributed by atoms with Gasteiger partial charge in [-0.25, -0.2) is 0 Å². The smallest absolute Gasteiger partial charge is 0.276 e. The molecule has 0 saturated carbocycles. The van der Waals surface area contributed by atoms with E-state index in [0.29, 0.717) is 18.7 Å². The SMILES string of the molecule is Cc1cc(C(=O)N2CCC2(C)C(=O)NC(C)C)no1. The van der Waals surface area contributed by atoms with Crippen LogP contribution in [0.3, 0.4) is 0 Å². The van der Waals surface area contributed by atoms with Crippen LogP contribution in [0.1, 0.15) is 43.4 Å². The Hall–Kier alpha value is -1.85. The highest BCUT2D eigenvalue weighted by molar-refractivity contribution is 5.99. The van der Waals surface area contributed by atoms with Crippen molar-refractivity contribution in [3.63, 3.8) is 0 Å². The Morgan fingerprint density at radius 3 is 2.63 bits per heavy atom. The zero-order valence-corrected chi connectivity index (χ0v) is 11.7. The Balaban J connectivity index is 2.13. The second-order valence-electron chi connectivity index (χ2n) is 5.43. The molecule has 1 atom stereocenters. The van der Waals surface area contributed by atoms with Gasteiger partial charge in [0, 0.05) is 18.7 Å². The number of likely N-dealkylation sites (tertiary alicyclic amines) is 1. The fourth-order valence-electron chi connectivity index (χ4n) is 2.14. The predicted molar refractivity (Wildman–Crippen MR) is 68.6 cm³/mol. The van der Waals surface area contributed by atoms with Gasteiger partial charge in [-0.3, -0.25) is 9.59 Å². The van der Waals surface area contributed by atoms with Crippen molar-refractivity contribution in [2.45, 2.75) is 45.7 Å². The van der Waals surface area contributed by atoms with Crippen LogP contribution in [-0.2, 0) is 4.79 Å². The van der Waals surface area contributed by atoms with Gasteiger partial charge < -0.3 is 14.7 Å². The van der Waals surface area contributed by atoms with Crippen LogP contribution in [0.2, 0.25) is 0 Å². The van der Waals surface area contributed by atoms with Crippen LogP contribution in [0.15, 0.2) is 10.6 Å². The van der Waals surface area contributed by atoms with Crippen molar-refractivity contribution >= 4 is 11.8 Å². The average Bonchev–Trinajstić information content (AvgIpc) is 2.72. The van der Waals surface area contributed by atoms with E-state index >= 15 is 0 Å². The molecule has 2 heterocycles.